The van der Waals surface area contributed by atoms with E-state index in [0.717, 1.165) is 11.1 Å². The van der Waals surface area contributed by atoms with Crippen LogP contribution in [0.5, 0.6) is 5.75 Å². The smallest absolute Gasteiger partial charge is 0.165 e. The van der Waals surface area contributed by atoms with Crippen molar-refractivity contribution in [2.45, 2.75) is 26.9 Å². The fourth-order valence-corrected chi connectivity index (χ4v) is 2.04. The average Bonchev–Trinajstić information content (AvgIpc) is 2.42. The molecule has 0 radical (unpaired) electrons. The maximum atomic E-state index is 13.9. The van der Waals surface area contributed by atoms with E-state index in [1.807, 2.05) is 12.1 Å². The molecule has 3 heteroatoms. The first-order chi connectivity index (χ1) is 9.60. The van der Waals surface area contributed by atoms with Gasteiger partial charge in [-0.3, -0.25) is 0 Å². The van der Waals surface area contributed by atoms with Crippen LogP contribution in [-0.2, 0) is 13.0 Å². The van der Waals surface area contributed by atoms with Gasteiger partial charge in [-0.1, -0.05) is 24.3 Å². The number of aryl methyl sites for hydroxylation is 2. The van der Waals surface area contributed by atoms with Crippen molar-refractivity contribution < 1.29 is 9.13 Å². The molecule has 2 nitrogen and oxygen atoms in total. The van der Waals surface area contributed by atoms with Gasteiger partial charge in [-0.2, -0.15) is 0 Å². The summed E-state index contributed by atoms with van der Waals surface area (Å²) in [5.41, 5.74) is 9.84. The number of benzene rings is 2. The molecule has 0 spiro atoms. The third kappa shape index (κ3) is 3.58. The van der Waals surface area contributed by atoms with Crippen LogP contribution in [0.4, 0.5) is 4.39 Å². The van der Waals surface area contributed by atoms with Crippen LogP contribution in [0.1, 0.15) is 22.3 Å². The van der Waals surface area contributed by atoms with Crippen LogP contribution in [-0.4, -0.2) is 6.54 Å². The number of hydrogen-bond donors (Lipinski definition) is 1. The number of ether oxygens (including phenoxy) is 1. The number of nitrogens with two attached hydrogens (primary N) is 1. The van der Waals surface area contributed by atoms with Crippen molar-refractivity contribution in [3.8, 4) is 5.75 Å². The van der Waals surface area contributed by atoms with E-state index >= 15 is 0 Å². The fourth-order valence-electron chi connectivity index (χ4n) is 2.04. The second-order valence-electron chi connectivity index (χ2n) is 5.01. The number of hydrogen-bond acceptors (Lipinski definition) is 2. The lowest BCUT2D eigenvalue weighted by Crippen LogP contribution is -2.04. The topological polar surface area (TPSA) is 35.2 Å². The molecule has 106 valence electrons. The van der Waals surface area contributed by atoms with Crippen molar-refractivity contribution >= 4 is 0 Å². The van der Waals surface area contributed by atoms with Crippen LogP contribution < -0.4 is 10.5 Å². The van der Waals surface area contributed by atoms with Gasteiger partial charge < -0.3 is 10.5 Å². The van der Waals surface area contributed by atoms with Gasteiger partial charge in [-0.25, -0.2) is 4.39 Å². The van der Waals surface area contributed by atoms with E-state index in [1.165, 1.54) is 17.2 Å². The van der Waals surface area contributed by atoms with E-state index in [9.17, 15) is 4.39 Å². The SMILES string of the molecule is Cc1ccc(COc2ccc(CCN)cc2F)cc1C. The molecule has 20 heavy (non-hydrogen) atoms. The zero-order chi connectivity index (χ0) is 14.5. The average molecular weight is 273 g/mol. The predicted molar refractivity (Wildman–Crippen MR) is 79.4 cm³/mol. The maximum Gasteiger partial charge on any atom is 0.165 e. The van der Waals surface area contributed by atoms with E-state index in [0.29, 0.717) is 19.6 Å². The second-order valence-corrected chi connectivity index (χ2v) is 5.01. The van der Waals surface area contributed by atoms with E-state index in [4.69, 9.17) is 10.5 Å². The van der Waals surface area contributed by atoms with Gasteiger partial charge in [-0.15, -0.1) is 0 Å². The van der Waals surface area contributed by atoms with E-state index in [-0.39, 0.29) is 11.6 Å². The highest BCUT2D eigenvalue weighted by molar-refractivity contribution is 5.32. The largest absolute Gasteiger partial charge is 0.486 e. The molecule has 0 atom stereocenters. The van der Waals surface area contributed by atoms with Crippen molar-refractivity contribution in [3.05, 3.63) is 64.5 Å². The third-order valence-corrected chi connectivity index (χ3v) is 3.39. The molecule has 2 aromatic carbocycles. The van der Waals surface area contributed by atoms with E-state index < -0.39 is 0 Å². The predicted octanol–water partition coefficient (Wildman–Crippen LogP) is 3.52. The molecular formula is C17H20FNO. The molecule has 0 aliphatic carbocycles. The Hall–Kier alpha value is -1.87. The molecule has 0 saturated carbocycles. The Balaban J connectivity index is 2.05. The normalized spacial score (nSPS) is 10.6. The lowest BCUT2D eigenvalue weighted by atomic mass is 10.1. The van der Waals surface area contributed by atoms with Gasteiger partial charge in [-0.05, 0) is 61.2 Å². The highest BCUT2D eigenvalue weighted by Gasteiger charge is 2.05. The number of rotatable bonds is 5. The Bertz CT molecular complexity index is 596. The maximum absolute atomic E-state index is 13.9. The summed E-state index contributed by atoms with van der Waals surface area (Å²) in [5.74, 6) is -0.0521. The summed E-state index contributed by atoms with van der Waals surface area (Å²) < 4.78 is 19.4. The summed E-state index contributed by atoms with van der Waals surface area (Å²) in [6.07, 6.45) is 0.675. The summed E-state index contributed by atoms with van der Waals surface area (Å²) in [6, 6.07) is 11.1. The lowest BCUT2D eigenvalue weighted by Gasteiger charge is -2.10. The molecule has 0 aromatic heterocycles. The monoisotopic (exact) mass is 273 g/mol. The standard InChI is InChI=1S/C17H20FNO/c1-12-3-4-15(9-13(12)2)11-20-17-6-5-14(7-8-19)10-16(17)18/h3-6,9-10H,7-8,11,19H2,1-2H3. The Morgan fingerprint density at radius 3 is 2.40 bits per heavy atom. The molecule has 0 unspecified atom stereocenters. The van der Waals surface area contributed by atoms with Gasteiger partial charge >= 0.3 is 0 Å². The summed E-state index contributed by atoms with van der Waals surface area (Å²) in [6.45, 7) is 5.01. The Morgan fingerprint density at radius 1 is 1.00 bits per heavy atom. The van der Waals surface area contributed by atoms with Crippen molar-refractivity contribution in [2.75, 3.05) is 6.54 Å². The van der Waals surface area contributed by atoms with E-state index in [1.54, 1.807) is 6.07 Å². The molecule has 2 rings (SSSR count). The van der Waals surface area contributed by atoms with Crippen LogP contribution in [0.2, 0.25) is 0 Å². The Morgan fingerprint density at radius 2 is 1.75 bits per heavy atom. The van der Waals surface area contributed by atoms with Crippen LogP contribution in [0, 0.1) is 19.7 Å². The van der Waals surface area contributed by atoms with Crippen LogP contribution >= 0.6 is 0 Å². The Kier molecular flexibility index (Phi) is 4.74. The molecular weight excluding hydrogens is 253 g/mol. The van der Waals surface area contributed by atoms with Gasteiger partial charge in [0, 0.05) is 0 Å². The van der Waals surface area contributed by atoms with Crippen LogP contribution in [0.25, 0.3) is 0 Å². The van der Waals surface area contributed by atoms with Gasteiger partial charge in [0.15, 0.2) is 11.6 Å². The Labute approximate surface area is 119 Å². The molecule has 0 aliphatic heterocycles. The van der Waals surface area contributed by atoms with Crippen LogP contribution in [0.3, 0.4) is 0 Å². The first-order valence-corrected chi connectivity index (χ1v) is 6.77. The van der Waals surface area contributed by atoms with Crippen molar-refractivity contribution in [2.24, 2.45) is 5.73 Å². The van der Waals surface area contributed by atoms with Gasteiger partial charge in [0.25, 0.3) is 0 Å². The van der Waals surface area contributed by atoms with Gasteiger partial charge in [0.1, 0.15) is 6.61 Å². The van der Waals surface area contributed by atoms with Crippen molar-refractivity contribution in [1.29, 1.82) is 0 Å². The minimum absolute atomic E-state index is 0.281. The molecule has 0 bridgehead atoms. The minimum Gasteiger partial charge on any atom is -0.486 e. The first-order valence-electron chi connectivity index (χ1n) is 6.77. The number of halogens is 1. The first kappa shape index (κ1) is 14.5. The summed E-state index contributed by atoms with van der Waals surface area (Å²) in [7, 11) is 0. The zero-order valence-corrected chi connectivity index (χ0v) is 11.9. The van der Waals surface area contributed by atoms with Crippen LogP contribution in [0.15, 0.2) is 36.4 Å². The molecule has 0 heterocycles. The highest BCUT2D eigenvalue weighted by Crippen LogP contribution is 2.20. The summed E-state index contributed by atoms with van der Waals surface area (Å²) in [5, 5.41) is 0. The second kappa shape index (κ2) is 6.53. The van der Waals surface area contributed by atoms with E-state index in [2.05, 4.69) is 26.0 Å². The van der Waals surface area contributed by atoms with Gasteiger partial charge in [0.2, 0.25) is 0 Å². The van der Waals surface area contributed by atoms with Gasteiger partial charge in [0.05, 0.1) is 0 Å². The molecule has 2 aromatic rings. The molecule has 0 fully saturated rings. The summed E-state index contributed by atoms with van der Waals surface area (Å²) in [4.78, 5) is 0. The molecule has 0 amide bonds. The summed E-state index contributed by atoms with van der Waals surface area (Å²) >= 11 is 0. The fraction of sp³-hybridized carbons (Fsp3) is 0.294. The lowest BCUT2D eigenvalue weighted by molar-refractivity contribution is 0.290. The molecule has 0 saturated heterocycles. The third-order valence-electron chi connectivity index (χ3n) is 3.39. The van der Waals surface area contributed by atoms with Crippen molar-refractivity contribution in [1.82, 2.24) is 0 Å². The van der Waals surface area contributed by atoms with Crippen molar-refractivity contribution in [3.63, 3.8) is 0 Å². The minimum atomic E-state index is -0.334. The quantitative estimate of drug-likeness (QED) is 0.904. The molecule has 2 N–H and O–H groups in total. The highest BCUT2D eigenvalue weighted by atomic mass is 19.1. The molecule has 0 aliphatic rings. The zero-order valence-electron chi connectivity index (χ0n) is 11.9.